The lowest BCUT2D eigenvalue weighted by atomic mass is 10.2. The van der Waals surface area contributed by atoms with Gasteiger partial charge in [-0.05, 0) is 42.8 Å². The molecule has 3 rings (SSSR count). The summed E-state index contributed by atoms with van der Waals surface area (Å²) < 4.78 is 38.5. The molecule has 25 heavy (non-hydrogen) atoms. The number of ether oxygens (including phenoxy) is 2. The normalized spacial score (nSPS) is 11.6. The Kier molecular flexibility index (Phi) is 4.91. The molecule has 2 N–H and O–H groups in total. The van der Waals surface area contributed by atoms with Crippen LogP contribution >= 0.6 is 0 Å². The summed E-state index contributed by atoms with van der Waals surface area (Å²) in [5, 5.41) is 7.46. The quantitative estimate of drug-likeness (QED) is 0.631. The maximum atomic E-state index is 12.7. The second kappa shape index (κ2) is 7.12. The van der Waals surface area contributed by atoms with Crippen molar-refractivity contribution in [2.75, 3.05) is 25.0 Å². The standard InChI is InChI=1S/C17H19N3O4S/c1-12-10-13(6-7-17(12)24-9-8-23-2)25(21,22)20-16-5-3-4-15-14(16)11-18-19-15/h3-7,10-11,20H,8-9H2,1-2H3,(H,18,19). The van der Waals surface area contributed by atoms with Crippen molar-refractivity contribution in [3.8, 4) is 5.75 Å². The van der Waals surface area contributed by atoms with E-state index in [-0.39, 0.29) is 4.90 Å². The summed E-state index contributed by atoms with van der Waals surface area (Å²) in [6.07, 6.45) is 1.59. The number of nitrogens with one attached hydrogen (secondary N) is 2. The molecule has 0 radical (unpaired) electrons. The van der Waals surface area contributed by atoms with Crippen LogP contribution in [-0.2, 0) is 14.8 Å². The lowest BCUT2D eigenvalue weighted by molar-refractivity contribution is 0.146. The van der Waals surface area contributed by atoms with Crippen LogP contribution in [0.25, 0.3) is 10.9 Å². The summed E-state index contributed by atoms with van der Waals surface area (Å²) in [4.78, 5) is 0.171. The lowest BCUT2D eigenvalue weighted by Crippen LogP contribution is -2.13. The van der Waals surface area contributed by atoms with Crippen molar-refractivity contribution in [3.05, 3.63) is 48.2 Å². The van der Waals surface area contributed by atoms with E-state index in [2.05, 4.69) is 14.9 Å². The van der Waals surface area contributed by atoms with E-state index in [4.69, 9.17) is 9.47 Å². The SMILES string of the molecule is COCCOc1ccc(S(=O)(=O)Nc2cccc3[nH]ncc23)cc1C. The Balaban J connectivity index is 1.85. The van der Waals surface area contributed by atoms with E-state index >= 15 is 0 Å². The van der Waals surface area contributed by atoms with Crippen molar-refractivity contribution in [2.24, 2.45) is 0 Å². The molecule has 7 nitrogen and oxygen atoms in total. The highest BCUT2D eigenvalue weighted by Gasteiger charge is 2.17. The van der Waals surface area contributed by atoms with Crippen LogP contribution in [-0.4, -0.2) is 38.9 Å². The van der Waals surface area contributed by atoms with Gasteiger partial charge in [-0.25, -0.2) is 8.42 Å². The lowest BCUT2D eigenvalue weighted by Gasteiger charge is -2.12. The van der Waals surface area contributed by atoms with Crippen LogP contribution in [0.2, 0.25) is 0 Å². The number of H-pyrrole nitrogens is 1. The van der Waals surface area contributed by atoms with Crippen molar-refractivity contribution in [1.82, 2.24) is 10.2 Å². The van der Waals surface area contributed by atoms with Gasteiger partial charge in [0.15, 0.2) is 0 Å². The van der Waals surface area contributed by atoms with Gasteiger partial charge >= 0.3 is 0 Å². The van der Waals surface area contributed by atoms with Gasteiger partial charge in [-0.1, -0.05) is 6.07 Å². The number of nitrogens with zero attached hydrogens (tertiary/aromatic N) is 1. The minimum absolute atomic E-state index is 0.171. The first-order valence-corrected chi connectivity index (χ1v) is 9.17. The smallest absolute Gasteiger partial charge is 0.261 e. The van der Waals surface area contributed by atoms with Crippen molar-refractivity contribution >= 4 is 26.6 Å². The minimum Gasteiger partial charge on any atom is -0.491 e. The van der Waals surface area contributed by atoms with E-state index in [1.807, 2.05) is 6.07 Å². The number of hydrogen-bond donors (Lipinski definition) is 2. The maximum Gasteiger partial charge on any atom is 0.261 e. The van der Waals surface area contributed by atoms with Gasteiger partial charge in [0.1, 0.15) is 12.4 Å². The number of anilines is 1. The van der Waals surface area contributed by atoms with Crippen molar-refractivity contribution in [1.29, 1.82) is 0 Å². The molecule has 0 atom stereocenters. The van der Waals surface area contributed by atoms with Crippen LogP contribution < -0.4 is 9.46 Å². The molecule has 1 aromatic heterocycles. The molecule has 1 heterocycles. The zero-order valence-corrected chi connectivity index (χ0v) is 14.8. The van der Waals surface area contributed by atoms with E-state index in [0.29, 0.717) is 30.0 Å². The summed E-state index contributed by atoms with van der Waals surface area (Å²) in [5.41, 5.74) is 1.98. The first-order chi connectivity index (χ1) is 12.0. The Labute approximate surface area is 146 Å². The predicted octanol–water partition coefficient (Wildman–Crippen LogP) is 2.70. The molecule has 0 aliphatic heterocycles. The second-order valence-electron chi connectivity index (χ2n) is 5.51. The fourth-order valence-corrected chi connectivity index (χ4v) is 3.61. The summed E-state index contributed by atoms with van der Waals surface area (Å²) in [6, 6.07) is 10.0. The van der Waals surface area contributed by atoms with Crippen molar-refractivity contribution in [3.63, 3.8) is 0 Å². The van der Waals surface area contributed by atoms with Crippen LogP contribution in [0.15, 0.2) is 47.5 Å². The van der Waals surface area contributed by atoms with Gasteiger partial charge in [0.2, 0.25) is 0 Å². The Morgan fingerprint density at radius 3 is 2.80 bits per heavy atom. The Bertz CT molecular complexity index is 982. The molecular weight excluding hydrogens is 342 g/mol. The average Bonchev–Trinajstić information content (AvgIpc) is 3.06. The molecule has 0 saturated heterocycles. The first-order valence-electron chi connectivity index (χ1n) is 7.68. The van der Waals surface area contributed by atoms with Gasteiger partial charge in [0.25, 0.3) is 10.0 Å². The van der Waals surface area contributed by atoms with Gasteiger partial charge in [-0.2, -0.15) is 5.10 Å². The van der Waals surface area contributed by atoms with E-state index in [1.54, 1.807) is 44.5 Å². The summed E-state index contributed by atoms with van der Waals surface area (Å²) in [6.45, 7) is 2.68. The predicted molar refractivity (Wildman–Crippen MR) is 95.5 cm³/mol. The molecule has 0 fully saturated rings. The molecular formula is C17H19N3O4S. The highest BCUT2D eigenvalue weighted by molar-refractivity contribution is 7.92. The summed E-state index contributed by atoms with van der Waals surface area (Å²) in [5.74, 6) is 0.632. The molecule has 8 heteroatoms. The fourth-order valence-electron chi connectivity index (χ4n) is 2.45. The topological polar surface area (TPSA) is 93.3 Å². The Morgan fingerprint density at radius 2 is 2.04 bits per heavy atom. The number of hydrogen-bond acceptors (Lipinski definition) is 5. The monoisotopic (exact) mass is 361 g/mol. The highest BCUT2D eigenvalue weighted by Crippen LogP contribution is 2.26. The summed E-state index contributed by atoms with van der Waals surface area (Å²) >= 11 is 0. The molecule has 0 saturated carbocycles. The number of aromatic nitrogens is 2. The van der Waals surface area contributed by atoms with Gasteiger partial charge < -0.3 is 9.47 Å². The molecule has 132 valence electrons. The molecule has 0 spiro atoms. The maximum absolute atomic E-state index is 12.7. The van der Waals surface area contributed by atoms with E-state index in [9.17, 15) is 8.42 Å². The zero-order chi connectivity index (χ0) is 17.9. The van der Waals surface area contributed by atoms with Crippen LogP contribution in [0.3, 0.4) is 0 Å². The Hall–Kier alpha value is -2.58. The number of methoxy groups -OCH3 is 1. The van der Waals surface area contributed by atoms with Crippen molar-refractivity contribution in [2.45, 2.75) is 11.8 Å². The highest BCUT2D eigenvalue weighted by atomic mass is 32.2. The number of aromatic amines is 1. The average molecular weight is 361 g/mol. The molecule has 0 bridgehead atoms. The minimum atomic E-state index is -3.72. The largest absolute Gasteiger partial charge is 0.491 e. The van der Waals surface area contributed by atoms with Gasteiger partial charge in [-0.3, -0.25) is 9.82 Å². The van der Waals surface area contributed by atoms with Gasteiger partial charge in [0.05, 0.1) is 28.9 Å². The third-order valence-electron chi connectivity index (χ3n) is 3.73. The van der Waals surface area contributed by atoms with Crippen molar-refractivity contribution < 1.29 is 17.9 Å². The van der Waals surface area contributed by atoms with Crippen LogP contribution in [0.4, 0.5) is 5.69 Å². The van der Waals surface area contributed by atoms with Gasteiger partial charge in [0, 0.05) is 12.5 Å². The number of aryl methyl sites for hydroxylation is 1. The van der Waals surface area contributed by atoms with Gasteiger partial charge in [-0.15, -0.1) is 0 Å². The second-order valence-corrected chi connectivity index (χ2v) is 7.19. The number of benzene rings is 2. The first kappa shape index (κ1) is 17.2. The molecule has 0 aliphatic rings. The third kappa shape index (κ3) is 3.75. The number of sulfonamides is 1. The van der Waals surface area contributed by atoms with Crippen LogP contribution in [0.1, 0.15) is 5.56 Å². The van der Waals surface area contributed by atoms with E-state index in [1.165, 1.54) is 6.07 Å². The molecule has 3 aromatic rings. The molecule has 0 amide bonds. The Morgan fingerprint density at radius 1 is 1.20 bits per heavy atom. The zero-order valence-electron chi connectivity index (χ0n) is 13.9. The van der Waals surface area contributed by atoms with E-state index in [0.717, 1.165) is 11.1 Å². The van der Waals surface area contributed by atoms with Crippen LogP contribution in [0, 0.1) is 6.92 Å². The third-order valence-corrected chi connectivity index (χ3v) is 5.09. The van der Waals surface area contributed by atoms with Crippen LogP contribution in [0.5, 0.6) is 5.75 Å². The number of fused-ring (bicyclic) bond motifs is 1. The molecule has 0 aliphatic carbocycles. The molecule has 2 aromatic carbocycles. The van der Waals surface area contributed by atoms with E-state index < -0.39 is 10.0 Å². The fraction of sp³-hybridized carbons (Fsp3) is 0.235. The number of rotatable bonds is 7. The summed E-state index contributed by atoms with van der Waals surface area (Å²) in [7, 11) is -2.12. The molecule has 0 unspecified atom stereocenters.